The van der Waals surface area contributed by atoms with E-state index in [1.54, 1.807) is 0 Å². The van der Waals surface area contributed by atoms with Crippen LogP contribution in [0.4, 0.5) is 0 Å². The lowest BCUT2D eigenvalue weighted by atomic mass is 9.47. The molecule has 234 valence electrons. The number of rotatable bonds is 7. The quantitative estimate of drug-likeness (QED) is 0.282. The summed E-state index contributed by atoms with van der Waals surface area (Å²) in [6.07, 6.45) is 11.6. The Labute approximate surface area is 269 Å². The van der Waals surface area contributed by atoms with E-state index >= 15 is 0 Å². The van der Waals surface area contributed by atoms with E-state index in [0.717, 1.165) is 29.7 Å². The van der Waals surface area contributed by atoms with Crippen LogP contribution in [0.1, 0.15) is 75.5 Å². The molecule has 0 aromatic heterocycles. The number of benzene rings is 3. The molecule has 1 aliphatic heterocycles. The number of amides is 2. The fourth-order valence-electron chi connectivity index (χ4n) is 10.7. The Kier molecular flexibility index (Phi) is 7.74. The van der Waals surface area contributed by atoms with Crippen LogP contribution in [0.3, 0.4) is 0 Å². The second-order valence-electron chi connectivity index (χ2n) is 14.9. The van der Waals surface area contributed by atoms with Crippen molar-refractivity contribution in [2.45, 2.75) is 70.3 Å². The molecule has 7 atom stereocenters. The average molecular weight is 601 g/mol. The fraction of sp³-hybridized carbons (Fsp3) is 0.463. The second-order valence-corrected chi connectivity index (χ2v) is 14.9. The summed E-state index contributed by atoms with van der Waals surface area (Å²) in [6, 6.07) is 31.9. The summed E-state index contributed by atoms with van der Waals surface area (Å²) in [5, 5.41) is 3.49. The summed E-state index contributed by atoms with van der Waals surface area (Å²) in [5.74, 6) is 2.76. The maximum Gasteiger partial charge on any atom is 0.246 e. The van der Waals surface area contributed by atoms with E-state index < -0.39 is 5.41 Å². The van der Waals surface area contributed by atoms with Crippen molar-refractivity contribution in [3.8, 4) is 0 Å². The number of nitrogens with zero attached hydrogens (tertiary/aromatic N) is 1. The molecule has 4 heteroatoms. The van der Waals surface area contributed by atoms with Crippen molar-refractivity contribution in [1.29, 1.82) is 0 Å². The summed E-state index contributed by atoms with van der Waals surface area (Å²) in [7, 11) is 2.00. The Morgan fingerprint density at radius 3 is 1.96 bits per heavy atom. The van der Waals surface area contributed by atoms with Crippen molar-refractivity contribution in [3.63, 3.8) is 0 Å². The van der Waals surface area contributed by atoms with E-state index in [9.17, 15) is 9.59 Å². The van der Waals surface area contributed by atoms with E-state index in [2.05, 4.69) is 98.0 Å². The Morgan fingerprint density at radius 2 is 1.38 bits per heavy atom. The maximum absolute atomic E-state index is 14.1. The van der Waals surface area contributed by atoms with Crippen LogP contribution in [0.15, 0.2) is 103 Å². The molecule has 2 amide bonds. The van der Waals surface area contributed by atoms with Crippen molar-refractivity contribution in [2.24, 2.45) is 34.5 Å². The van der Waals surface area contributed by atoms with Gasteiger partial charge in [0, 0.05) is 31.5 Å². The molecule has 1 N–H and O–H groups in total. The van der Waals surface area contributed by atoms with Gasteiger partial charge >= 0.3 is 0 Å². The molecule has 3 aromatic rings. The van der Waals surface area contributed by atoms with Crippen molar-refractivity contribution in [3.05, 3.63) is 120 Å². The highest BCUT2D eigenvalue weighted by molar-refractivity contribution is 5.89. The average Bonchev–Trinajstić information content (AvgIpc) is 3.42. The lowest BCUT2D eigenvalue weighted by Gasteiger charge is -2.60. The molecule has 1 heterocycles. The molecule has 7 rings (SSSR count). The summed E-state index contributed by atoms with van der Waals surface area (Å²) in [6.45, 7) is 5.69. The number of hydrogen-bond donors (Lipinski definition) is 1. The number of carbonyl (C=O) groups excluding carboxylic acids is 2. The topological polar surface area (TPSA) is 49.4 Å². The van der Waals surface area contributed by atoms with Gasteiger partial charge in [-0.15, -0.1) is 0 Å². The van der Waals surface area contributed by atoms with Crippen molar-refractivity contribution < 1.29 is 9.59 Å². The lowest BCUT2D eigenvalue weighted by Crippen LogP contribution is -2.59. The second kappa shape index (κ2) is 11.6. The van der Waals surface area contributed by atoms with Crippen LogP contribution >= 0.6 is 0 Å². The van der Waals surface area contributed by atoms with E-state index in [1.807, 2.05) is 36.2 Å². The molecule has 3 fully saturated rings. The summed E-state index contributed by atoms with van der Waals surface area (Å²) < 4.78 is 0. The van der Waals surface area contributed by atoms with Gasteiger partial charge in [0.25, 0.3) is 0 Å². The summed E-state index contributed by atoms with van der Waals surface area (Å²) in [5.41, 5.74) is 3.14. The van der Waals surface area contributed by atoms with Crippen molar-refractivity contribution >= 4 is 11.8 Å². The third-order valence-electron chi connectivity index (χ3n) is 13.1. The molecule has 0 bridgehead atoms. The largest absolute Gasteiger partial charge is 0.356 e. The molecule has 0 spiro atoms. The van der Waals surface area contributed by atoms with Crippen LogP contribution in [0.25, 0.3) is 0 Å². The van der Waals surface area contributed by atoms with Crippen LogP contribution in [0.2, 0.25) is 0 Å². The molecule has 0 radical (unpaired) electrons. The van der Waals surface area contributed by atoms with Gasteiger partial charge in [-0.3, -0.25) is 9.59 Å². The fourth-order valence-corrected chi connectivity index (χ4v) is 10.7. The van der Waals surface area contributed by atoms with E-state index in [4.69, 9.17) is 0 Å². The predicted octanol–water partition coefficient (Wildman–Crippen LogP) is 7.78. The minimum absolute atomic E-state index is 0.0643. The number of fused-ring (bicyclic) bond motifs is 5. The maximum atomic E-state index is 14.1. The first-order valence-corrected chi connectivity index (χ1v) is 17.2. The zero-order valence-corrected chi connectivity index (χ0v) is 27.1. The first kappa shape index (κ1) is 30.0. The zero-order chi connectivity index (χ0) is 31.2. The molecule has 3 saturated carbocycles. The highest BCUT2D eigenvalue weighted by atomic mass is 16.2. The molecule has 3 aromatic carbocycles. The zero-order valence-electron chi connectivity index (χ0n) is 27.1. The van der Waals surface area contributed by atoms with Gasteiger partial charge in [0.05, 0.1) is 5.41 Å². The monoisotopic (exact) mass is 600 g/mol. The van der Waals surface area contributed by atoms with E-state index in [-0.39, 0.29) is 22.6 Å². The van der Waals surface area contributed by atoms with Crippen LogP contribution in [0.5, 0.6) is 0 Å². The first-order chi connectivity index (χ1) is 21.8. The number of nitrogens with one attached hydrogen (secondary N) is 1. The van der Waals surface area contributed by atoms with Gasteiger partial charge < -0.3 is 10.2 Å². The Hall–Kier alpha value is -3.66. The van der Waals surface area contributed by atoms with Gasteiger partial charge in [-0.2, -0.15) is 0 Å². The van der Waals surface area contributed by atoms with Gasteiger partial charge in [0.2, 0.25) is 11.8 Å². The normalized spacial score (nSPS) is 32.4. The molecular weight excluding hydrogens is 552 g/mol. The molecule has 3 aliphatic carbocycles. The van der Waals surface area contributed by atoms with Crippen LogP contribution in [-0.2, 0) is 15.0 Å². The van der Waals surface area contributed by atoms with Crippen LogP contribution in [0, 0.1) is 34.5 Å². The number of hydrogen-bond acceptors (Lipinski definition) is 2. The molecule has 0 unspecified atom stereocenters. The van der Waals surface area contributed by atoms with Crippen LogP contribution < -0.4 is 5.32 Å². The van der Waals surface area contributed by atoms with Crippen LogP contribution in [-0.4, -0.2) is 36.3 Å². The SMILES string of the molecule is CN1C(=O)C=C[C@]2(C)[C@H]3CC[C@]4(C)[C@@H](CNC(=O)CC(c5ccccc5)(c5ccccc5)c5ccccc5)CC[C@H]4[C@@H]3CC[C@@H]12. The molecule has 4 aliphatic rings. The van der Waals surface area contributed by atoms with Gasteiger partial charge in [0.15, 0.2) is 0 Å². The van der Waals surface area contributed by atoms with E-state index in [0.29, 0.717) is 36.1 Å². The summed E-state index contributed by atoms with van der Waals surface area (Å²) in [4.78, 5) is 28.6. The van der Waals surface area contributed by atoms with Gasteiger partial charge in [-0.1, -0.05) is 111 Å². The minimum atomic E-state index is -0.579. The molecule has 4 nitrogen and oxygen atoms in total. The van der Waals surface area contributed by atoms with Gasteiger partial charge in [-0.05, 0) is 90.4 Å². The molecule has 0 saturated heterocycles. The van der Waals surface area contributed by atoms with Crippen molar-refractivity contribution in [1.82, 2.24) is 10.2 Å². The minimum Gasteiger partial charge on any atom is -0.356 e. The molecular formula is C41H48N2O2. The first-order valence-electron chi connectivity index (χ1n) is 17.2. The molecule has 45 heavy (non-hydrogen) atoms. The highest BCUT2D eigenvalue weighted by Gasteiger charge is 2.60. The Morgan fingerprint density at radius 1 is 0.800 bits per heavy atom. The third-order valence-corrected chi connectivity index (χ3v) is 13.1. The Balaban J connectivity index is 1.11. The van der Waals surface area contributed by atoms with Crippen molar-refractivity contribution in [2.75, 3.05) is 13.6 Å². The van der Waals surface area contributed by atoms with Gasteiger partial charge in [0.1, 0.15) is 0 Å². The third kappa shape index (κ3) is 4.87. The number of carbonyl (C=O) groups is 2. The summed E-state index contributed by atoms with van der Waals surface area (Å²) >= 11 is 0. The van der Waals surface area contributed by atoms with Gasteiger partial charge in [-0.25, -0.2) is 0 Å². The Bertz CT molecular complexity index is 1460. The number of likely N-dealkylation sites (N-methyl/N-ethyl adjacent to an activating group) is 1. The predicted molar refractivity (Wildman–Crippen MR) is 180 cm³/mol. The lowest BCUT2D eigenvalue weighted by molar-refractivity contribution is -0.139. The standard InChI is InChI=1S/C41H48N2O2/c1-39-25-23-35-33(20-22-36-40(35,2)26-24-38(45)43(36)3)34(39)21-19-32(39)28-42-37(44)27-41(29-13-7-4-8-14-29,30-15-9-5-10-16-30)31-17-11-6-12-18-31/h4-18,24,26,32-36H,19-23,25,27-28H2,1-3H3,(H,42,44)/t32-,33+,34+,35+,36-,39-,40-/m1/s1. The van der Waals surface area contributed by atoms with E-state index in [1.165, 1.54) is 32.1 Å². The smallest absolute Gasteiger partial charge is 0.246 e. The highest BCUT2D eigenvalue weighted by Crippen LogP contribution is 2.65.